The van der Waals surface area contributed by atoms with E-state index >= 15 is 0 Å². The van der Waals surface area contributed by atoms with Crippen LogP contribution >= 0.6 is 0 Å². The van der Waals surface area contributed by atoms with Crippen molar-refractivity contribution in [2.45, 2.75) is 0 Å². The Bertz CT molecular complexity index is 661. The molecule has 0 aliphatic rings. The van der Waals surface area contributed by atoms with Crippen molar-refractivity contribution in [3.63, 3.8) is 0 Å². The summed E-state index contributed by atoms with van der Waals surface area (Å²) >= 11 is 0. The second kappa shape index (κ2) is 5.52. The quantitative estimate of drug-likeness (QED) is 0.633. The van der Waals surface area contributed by atoms with Crippen LogP contribution < -0.4 is 9.47 Å². The Morgan fingerprint density at radius 3 is 2.40 bits per heavy atom. The van der Waals surface area contributed by atoms with Gasteiger partial charge in [-0.15, -0.1) is 0 Å². The van der Waals surface area contributed by atoms with Crippen molar-refractivity contribution in [3.8, 4) is 17.2 Å². The highest BCUT2D eigenvalue weighted by atomic mass is 19.1. The monoisotopic (exact) mass is 281 g/mol. The third-order valence-corrected chi connectivity index (χ3v) is 2.47. The highest BCUT2D eigenvalue weighted by molar-refractivity contribution is 5.51. The Morgan fingerprint density at radius 2 is 1.80 bits per heavy atom. The Hall–Kier alpha value is -2.70. The summed E-state index contributed by atoms with van der Waals surface area (Å²) in [7, 11) is 1.29. The van der Waals surface area contributed by atoms with E-state index in [9.17, 15) is 18.9 Å². The molecule has 7 heteroatoms. The fraction of sp³-hybridized carbons (Fsp3) is 0.0769. The molecule has 0 saturated carbocycles. The molecule has 0 aromatic heterocycles. The summed E-state index contributed by atoms with van der Waals surface area (Å²) in [5, 5.41) is 10.8. The van der Waals surface area contributed by atoms with Gasteiger partial charge in [0.1, 0.15) is 11.6 Å². The summed E-state index contributed by atoms with van der Waals surface area (Å²) in [6, 6.07) is 6.59. The number of nitro groups is 1. The second-order valence-electron chi connectivity index (χ2n) is 3.77. The first kappa shape index (κ1) is 13.7. The molecular weight excluding hydrogens is 272 g/mol. The molecule has 0 aliphatic heterocycles. The third kappa shape index (κ3) is 2.82. The average molecular weight is 281 g/mol. The first-order valence-corrected chi connectivity index (χ1v) is 5.46. The van der Waals surface area contributed by atoms with Gasteiger partial charge in [-0.05, 0) is 24.3 Å². The summed E-state index contributed by atoms with van der Waals surface area (Å²) in [6.07, 6.45) is 0. The Balaban J connectivity index is 2.34. The minimum atomic E-state index is -0.900. The molecule has 0 heterocycles. The van der Waals surface area contributed by atoms with Gasteiger partial charge < -0.3 is 9.47 Å². The topological polar surface area (TPSA) is 61.6 Å². The fourth-order valence-electron chi connectivity index (χ4n) is 1.56. The lowest BCUT2D eigenvalue weighted by Crippen LogP contribution is -1.95. The van der Waals surface area contributed by atoms with Crippen LogP contribution in [0.15, 0.2) is 36.4 Å². The van der Waals surface area contributed by atoms with Crippen LogP contribution in [0.3, 0.4) is 0 Å². The first-order chi connectivity index (χ1) is 9.51. The molecule has 2 aromatic rings. The number of benzene rings is 2. The van der Waals surface area contributed by atoms with Gasteiger partial charge in [0.05, 0.1) is 18.1 Å². The largest absolute Gasteiger partial charge is 0.490 e. The number of hydrogen-bond donors (Lipinski definition) is 0. The maximum atomic E-state index is 13.4. The molecule has 104 valence electrons. The second-order valence-corrected chi connectivity index (χ2v) is 3.77. The van der Waals surface area contributed by atoms with Crippen molar-refractivity contribution < 1.29 is 23.2 Å². The summed E-state index contributed by atoms with van der Waals surface area (Å²) in [6.45, 7) is 0. The van der Waals surface area contributed by atoms with E-state index in [1.807, 2.05) is 0 Å². The lowest BCUT2D eigenvalue weighted by atomic mass is 10.2. The van der Waals surface area contributed by atoms with Gasteiger partial charge in [-0.2, -0.15) is 0 Å². The van der Waals surface area contributed by atoms with Gasteiger partial charge in [0.25, 0.3) is 0 Å². The number of nitro benzene ring substituents is 1. The number of ether oxygens (including phenoxy) is 2. The predicted octanol–water partition coefficient (Wildman–Crippen LogP) is 3.67. The zero-order valence-corrected chi connectivity index (χ0v) is 10.3. The van der Waals surface area contributed by atoms with E-state index in [0.717, 1.165) is 18.2 Å². The third-order valence-electron chi connectivity index (χ3n) is 2.47. The van der Waals surface area contributed by atoms with Crippen LogP contribution in [0.25, 0.3) is 0 Å². The molecule has 0 bridgehead atoms. The average Bonchev–Trinajstić information content (AvgIpc) is 2.41. The zero-order valence-electron chi connectivity index (χ0n) is 10.3. The maximum Gasteiger partial charge on any atom is 0.314 e. The summed E-state index contributed by atoms with van der Waals surface area (Å²) in [4.78, 5) is 10.2. The van der Waals surface area contributed by atoms with Gasteiger partial charge in [-0.3, -0.25) is 10.1 Å². The molecular formula is C13H9F2NO4. The van der Waals surface area contributed by atoms with Crippen molar-refractivity contribution >= 4 is 5.69 Å². The van der Waals surface area contributed by atoms with Crippen molar-refractivity contribution in [1.29, 1.82) is 0 Å². The Kier molecular flexibility index (Phi) is 3.79. The summed E-state index contributed by atoms with van der Waals surface area (Å²) in [5.41, 5.74) is -0.312. The molecule has 0 atom stereocenters. The SMILES string of the molecule is COc1ccc(Oc2ccc(F)cc2F)cc1[N+](=O)[O-]. The maximum absolute atomic E-state index is 13.4. The zero-order chi connectivity index (χ0) is 14.7. The van der Waals surface area contributed by atoms with Crippen molar-refractivity contribution in [2.24, 2.45) is 0 Å². The minimum absolute atomic E-state index is 0.0445. The van der Waals surface area contributed by atoms with E-state index in [-0.39, 0.29) is 22.9 Å². The minimum Gasteiger partial charge on any atom is -0.490 e. The molecule has 5 nitrogen and oxygen atoms in total. The number of methoxy groups -OCH3 is 1. The van der Waals surface area contributed by atoms with Crippen LogP contribution in [0.5, 0.6) is 17.2 Å². The van der Waals surface area contributed by atoms with E-state index in [2.05, 4.69) is 0 Å². The highest BCUT2D eigenvalue weighted by Gasteiger charge is 2.16. The van der Waals surface area contributed by atoms with Gasteiger partial charge >= 0.3 is 5.69 Å². The molecule has 0 saturated heterocycles. The molecule has 0 spiro atoms. The van der Waals surface area contributed by atoms with Crippen molar-refractivity contribution in [3.05, 3.63) is 58.1 Å². The van der Waals surface area contributed by atoms with Gasteiger partial charge in [0, 0.05) is 6.07 Å². The molecule has 0 amide bonds. The predicted molar refractivity (Wildman–Crippen MR) is 66.1 cm³/mol. The fourth-order valence-corrected chi connectivity index (χ4v) is 1.56. The van der Waals surface area contributed by atoms with Gasteiger partial charge in [0.2, 0.25) is 0 Å². The smallest absolute Gasteiger partial charge is 0.314 e. The lowest BCUT2D eigenvalue weighted by Gasteiger charge is -2.08. The number of rotatable bonds is 4. The van der Waals surface area contributed by atoms with Gasteiger partial charge in [-0.1, -0.05) is 0 Å². The standard InChI is InChI=1S/C13H9F2NO4/c1-19-13-5-3-9(7-11(13)16(17)18)20-12-4-2-8(14)6-10(12)15/h2-7H,1H3. The van der Waals surface area contributed by atoms with Gasteiger partial charge in [0.15, 0.2) is 17.3 Å². The molecule has 20 heavy (non-hydrogen) atoms. The summed E-state index contributed by atoms with van der Waals surface area (Å²) in [5.74, 6) is -1.77. The van der Waals surface area contributed by atoms with Crippen molar-refractivity contribution in [2.75, 3.05) is 7.11 Å². The van der Waals surface area contributed by atoms with E-state index in [4.69, 9.17) is 9.47 Å². The van der Waals surface area contributed by atoms with E-state index < -0.39 is 16.6 Å². The molecule has 0 radical (unpaired) electrons. The molecule has 0 fully saturated rings. The van der Waals surface area contributed by atoms with Crippen LogP contribution in [0.4, 0.5) is 14.5 Å². The highest BCUT2D eigenvalue weighted by Crippen LogP contribution is 2.33. The lowest BCUT2D eigenvalue weighted by molar-refractivity contribution is -0.385. The van der Waals surface area contributed by atoms with Crippen LogP contribution in [-0.4, -0.2) is 12.0 Å². The van der Waals surface area contributed by atoms with Crippen LogP contribution in [0, 0.1) is 21.7 Å². The van der Waals surface area contributed by atoms with Crippen LogP contribution in [-0.2, 0) is 0 Å². The Morgan fingerprint density at radius 1 is 1.10 bits per heavy atom. The number of nitrogens with zero attached hydrogens (tertiary/aromatic N) is 1. The van der Waals surface area contributed by atoms with Gasteiger partial charge in [-0.25, -0.2) is 8.78 Å². The molecule has 0 unspecified atom stereocenters. The molecule has 0 aliphatic carbocycles. The van der Waals surface area contributed by atoms with E-state index in [1.54, 1.807) is 0 Å². The summed E-state index contributed by atoms with van der Waals surface area (Å²) < 4.78 is 36.2. The van der Waals surface area contributed by atoms with E-state index in [1.165, 1.54) is 19.2 Å². The molecule has 2 rings (SSSR count). The molecule has 0 N–H and O–H groups in total. The van der Waals surface area contributed by atoms with Crippen molar-refractivity contribution in [1.82, 2.24) is 0 Å². The number of halogens is 2. The van der Waals surface area contributed by atoms with Crippen LogP contribution in [0.2, 0.25) is 0 Å². The first-order valence-electron chi connectivity index (χ1n) is 5.46. The number of hydrogen-bond acceptors (Lipinski definition) is 4. The Labute approximate surface area is 112 Å². The van der Waals surface area contributed by atoms with E-state index in [0.29, 0.717) is 6.07 Å². The molecule has 2 aromatic carbocycles. The normalized spacial score (nSPS) is 10.2. The van der Waals surface area contributed by atoms with Crippen LogP contribution in [0.1, 0.15) is 0 Å².